The molecule has 3 aromatic carbocycles. The Hall–Kier alpha value is -3.46. The second-order valence-corrected chi connectivity index (χ2v) is 6.98. The monoisotopic (exact) mass is 350 g/mol. The van der Waals surface area contributed by atoms with E-state index in [9.17, 15) is 4.79 Å². The van der Waals surface area contributed by atoms with Crippen molar-refractivity contribution in [2.45, 2.75) is 6.92 Å². The van der Waals surface area contributed by atoms with E-state index in [2.05, 4.69) is 12.1 Å². The minimum atomic E-state index is 0.0407. The molecule has 5 aromatic rings. The highest BCUT2D eigenvalue weighted by molar-refractivity contribution is 6.11. The van der Waals surface area contributed by atoms with E-state index in [-0.39, 0.29) is 5.43 Å². The van der Waals surface area contributed by atoms with Gasteiger partial charge in [0.05, 0.1) is 16.4 Å². The van der Waals surface area contributed by atoms with Gasteiger partial charge in [-0.3, -0.25) is 4.79 Å². The quantitative estimate of drug-likeness (QED) is 0.389. The average Bonchev–Trinajstić information content (AvgIpc) is 2.71. The number of pyridine rings is 2. The molecule has 0 aliphatic carbocycles. The molecule has 130 valence electrons. The smallest absolute Gasteiger partial charge is 0.199 e. The Morgan fingerprint density at radius 3 is 2.41 bits per heavy atom. The van der Waals surface area contributed by atoms with Crippen molar-refractivity contribution < 1.29 is 0 Å². The van der Waals surface area contributed by atoms with Crippen LogP contribution in [0.2, 0.25) is 0 Å². The second-order valence-electron chi connectivity index (χ2n) is 6.98. The summed E-state index contributed by atoms with van der Waals surface area (Å²) in [6.45, 7) is 2.01. The molecule has 0 saturated carbocycles. The molecule has 3 nitrogen and oxygen atoms in total. The van der Waals surface area contributed by atoms with Crippen LogP contribution < -0.4 is 5.43 Å². The molecular formula is C24H18N2O. The first-order valence-corrected chi connectivity index (χ1v) is 9.02. The maximum Gasteiger partial charge on any atom is 0.199 e. The first-order chi connectivity index (χ1) is 13.1. The molecule has 5 rings (SSSR count). The molecule has 0 aliphatic rings. The number of aromatic nitrogens is 2. The zero-order valence-electron chi connectivity index (χ0n) is 15.2. The van der Waals surface area contributed by atoms with Crippen LogP contribution in [0.3, 0.4) is 0 Å². The third kappa shape index (κ3) is 2.28. The first kappa shape index (κ1) is 15.8. The molecule has 3 heteroatoms. The number of benzene rings is 3. The van der Waals surface area contributed by atoms with Crippen molar-refractivity contribution in [2.75, 3.05) is 0 Å². The number of para-hydroxylation sites is 1. The lowest BCUT2D eigenvalue weighted by molar-refractivity contribution is 0.981. The van der Waals surface area contributed by atoms with Gasteiger partial charge in [0.1, 0.15) is 5.65 Å². The highest BCUT2D eigenvalue weighted by atomic mass is 16.1. The summed E-state index contributed by atoms with van der Waals surface area (Å²) in [4.78, 5) is 18.4. The van der Waals surface area contributed by atoms with Gasteiger partial charge in [0.2, 0.25) is 0 Å². The molecule has 2 aromatic heterocycles. The van der Waals surface area contributed by atoms with Crippen molar-refractivity contribution in [3.63, 3.8) is 0 Å². The fourth-order valence-corrected chi connectivity index (χ4v) is 3.93. The van der Waals surface area contributed by atoms with Crippen LogP contribution >= 0.6 is 0 Å². The average molecular weight is 350 g/mol. The fraction of sp³-hybridized carbons (Fsp3) is 0.0833. The van der Waals surface area contributed by atoms with Gasteiger partial charge in [0.15, 0.2) is 5.43 Å². The summed E-state index contributed by atoms with van der Waals surface area (Å²) >= 11 is 0. The summed E-state index contributed by atoms with van der Waals surface area (Å²) in [7, 11) is 1.98. The van der Waals surface area contributed by atoms with Crippen molar-refractivity contribution in [1.82, 2.24) is 9.55 Å². The Kier molecular flexibility index (Phi) is 3.37. The zero-order chi connectivity index (χ0) is 18.5. The molecule has 0 bridgehead atoms. The Labute approximate surface area is 156 Å². The summed E-state index contributed by atoms with van der Waals surface area (Å²) in [5, 5.41) is 2.42. The lowest BCUT2D eigenvalue weighted by Crippen LogP contribution is -2.12. The summed E-state index contributed by atoms with van der Waals surface area (Å²) in [5.41, 5.74) is 5.62. The molecular weight excluding hydrogens is 332 g/mol. The number of hydrogen-bond acceptors (Lipinski definition) is 2. The number of fused-ring (bicyclic) bond motifs is 3. The maximum absolute atomic E-state index is 13.6. The lowest BCUT2D eigenvalue weighted by atomic mass is 9.96. The topological polar surface area (TPSA) is 34.9 Å². The van der Waals surface area contributed by atoms with Gasteiger partial charge in [0, 0.05) is 23.4 Å². The van der Waals surface area contributed by atoms with Crippen molar-refractivity contribution >= 4 is 32.8 Å². The van der Waals surface area contributed by atoms with Crippen LogP contribution in [0.4, 0.5) is 0 Å². The van der Waals surface area contributed by atoms with Gasteiger partial charge >= 0.3 is 0 Å². The van der Waals surface area contributed by atoms with Gasteiger partial charge in [-0.05, 0) is 30.7 Å². The predicted molar refractivity (Wildman–Crippen MR) is 112 cm³/mol. The lowest BCUT2D eigenvalue weighted by Gasteiger charge is -2.15. The van der Waals surface area contributed by atoms with E-state index in [4.69, 9.17) is 4.98 Å². The minimum absolute atomic E-state index is 0.0407. The summed E-state index contributed by atoms with van der Waals surface area (Å²) < 4.78 is 2.03. The van der Waals surface area contributed by atoms with Crippen molar-refractivity contribution in [3.05, 3.63) is 88.6 Å². The molecule has 0 unspecified atom stereocenters. The van der Waals surface area contributed by atoms with Crippen LogP contribution in [0.25, 0.3) is 44.0 Å². The normalized spacial score (nSPS) is 11.5. The molecule has 0 N–H and O–H groups in total. The third-order valence-corrected chi connectivity index (χ3v) is 5.24. The zero-order valence-corrected chi connectivity index (χ0v) is 15.2. The Morgan fingerprint density at radius 2 is 1.59 bits per heavy atom. The minimum Gasteiger partial charge on any atom is -0.328 e. The Bertz CT molecular complexity index is 1400. The fourth-order valence-electron chi connectivity index (χ4n) is 3.93. The first-order valence-electron chi connectivity index (χ1n) is 9.02. The van der Waals surface area contributed by atoms with Gasteiger partial charge in [-0.25, -0.2) is 4.98 Å². The Balaban J connectivity index is 2.13. The maximum atomic E-state index is 13.6. The number of rotatable bonds is 1. The number of nitrogens with zero attached hydrogens (tertiary/aromatic N) is 2. The molecule has 0 spiro atoms. The largest absolute Gasteiger partial charge is 0.328 e. The van der Waals surface area contributed by atoms with E-state index in [1.54, 1.807) is 0 Å². The SMILES string of the molecule is Cc1ccc2c(c1)c(=O)c1c(-c3ccccc3)c3ccccc3nc1n2C. The summed E-state index contributed by atoms with van der Waals surface area (Å²) in [5.74, 6) is 0. The van der Waals surface area contributed by atoms with Gasteiger partial charge in [-0.1, -0.05) is 60.2 Å². The van der Waals surface area contributed by atoms with Gasteiger partial charge < -0.3 is 4.57 Å². The van der Waals surface area contributed by atoms with Gasteiger partial charge in [-0.15, -0.1) is 0 Å². The van der Waals surface area contributed by atoms with Crippen LogP contribution in [0.5, 0.6) is 0 Å². The standard InChI is InChI=1S/C24H18N2O/c1-15-12-13-20-18(14-15)23(27)22-21(16-8-4-3-5-9-16)17-10-6-7-11-19(17)25-24(22)26(20)2/h3-14H,1-2H3. The van der Waals surface area contributed by atoms with Crippen LogP contribution in [-0.2, 0) is 7.05 Å². The van der Waals surface area contributed by atoms with E-state index in [0.29, 0.717) is 11.0 Å². The molecule has 0 atom stereocenters. The highest BCUT2D eigenvalue weighted by Crippen LogP contribution is 2.34. The van der Waals surface area contributed by atoms with E-state index in [1.165, 1.54) is 0 Å². The van der Waals surface area contributed by atoms with Gasteiger partial charge in [-0.2, -0.15) is 0 Å². The summed E-state index contributed by atoms with van der Waals surface area (Å²) in [6, 6.07) is 24.2. The van der Waals surface area contributed by atoms with Gasteiger partial charge in [0.25, 0.3) is 0 Å². The molecule has 0 aliphatic heterocycles. The second kappa shape index (κ2) is 5.78. The van der Waals surface area contributed by atoms with E-state index in [1.807, 2.05) is 79.2 Å². The van der Waals surface area contributed by atoms with Crippen LogP contribution in [-0.4, -0.2) is 9.55 Å². The van der Waals surface area contributed by atoms with E-state index in [0.717, 1.165) is 38.5 Å². The molecule has 0 fully saturated rings. The highest BCUT2D eigenvalue weighted by Gasteiger charge is 2.18. The number of aryl methyl sites for hydroxylation is 2. The summed E-state index contributed by atoms with van der Waals surface area (Å²) in [6.07, 6.45) is 0. The van der Waals surface area contributed by atoms with Crippen molar-refractivity contribution in [3.8, 4) is 11.1 Å². The van der Waals surface area contributed by atoms with Crippen LogP contribution in [0.1, 0.15) is 5.56 Å². The van der Waals surface area contributed by atoms with Crippen LogP contribution in [0.15, 0.2) is 77.6 Å². The molecule has 27 heavy (non-hydrogen) atoms. The van der Waals surface area contributed by atoms with Crippen molar-refractivity contribution in [1.29, 1.82) is 0 Å². The molecule has 0 amide bonds. The van der Waals surface area contributed by atoms with Crippen LogP contribution in [0, 0.1) is 6.92 Å². The Morgan fingerprint density at radius 1 is 0.852 bits per heavy atom. The third-order valence-electron chi connectivity index (χ3n) is 5.24. The van der Waals surface area contributed by atoms with Crippen molar-refractivity contribution in [2.24, 2.45) is 7.05 Å². The molecule has 0 radical (unpaired) electrons. The van der Waals surface area contributed by atoms with E-state index < -0.39 is 0 Å². The van der Waals surface area contributed by atoms with E-state index >= 15 is 0 Å². The molecule has 2 heterocycles. The predicted octanol–water partition coefficient (Wildman–Crippen LogP) is 5.22. The number of hydrogen-bond donors (Lipinski definition) is 0. The molecule has 0 saturated heterocycles.